The van der Waals surface area contributed by atoms with Gasteiger partial charge in [0.1, 0.15) is 5.03 Å². The van der Waals surface area contributed by atoms with E-state index >= 15 is 0 Å². The molecule has 3 heterocycles. The van der Waals surface area contributed by atoms with Gasteiger partial charge in [-0.3, -0.25) is 9.08 Å². The summed E-state index contributed by atoms with van der Waals surface area (Å²) in [5.74, 6) is 0. The molecule has 3 aromatic rings. The van der Waals surface area contributed by atoms with Gasteiger partial charge >= 0.3 is 0 Å². The van der Waals surface area contributed by atoms with Gasteiger partial charge in [0.2, 0.25) is 0 Å². The molecular formula is C15H19N5OS. The summed E-state index contributed by atoms with van der Waals surface area (Å²) >= 11 is 1.62. The van der Waals surface area contributed by atoms with E-state index in [1.807, 2.05) is 31.9 Å². The van der Waals surface area contributed by atoms with E-state index < -0.39 is 0 Å². The number of aryl methyl sites for hydroxylation is 2. The van der Waals surface area contributed by atoms with Gasteiger partial charge in [-0.1, -0.05) is 0 Å². The topological polar surface area (TPSA) is 57.2 Å². The van der Waals surface area contributed by atoms with Crippen molar-refractivity contribution in [3.8, 4) is 11.3 Å². The van der Waals surface area contributed by atoms with E-state index in [1.165, 1.54) is 0 Å². The van der Waals surface area contributed by atoms with Crippen molar-refractivity contribution in [3.05, 3.63) is 30.5 Å². The standard InChI is InChI=1S/C15H19N5OS/c1-19-9-11(7-17-19)13-8-16-14-15(22-3)18-12(10-20(13)14)5-4-6-21-2/h7-10H,4-6H2,1-3H3. The lowest BCUT2D eigenvalue weighted by Gasteiger charge is -2.07. The Kier molecular flexibility index (Phi) is 4.44. The predicted octanol–water partition coefficient (Wildman–Crippen LogP) is 2.43. The molecule has 0 aromatic carbocycles. The van der Waals surface area contributed by atoms with Gasteiger partial charge in [-0.2, -0.15) is 5.10 Å². The smallest absolute Gasteiger partial charge is 0.170 e. The van der Waals surface area contributed by atoms with E-state index in [2.05, 4.69) is 20.7 Å². The summed E-state index contributed by atoms with van der Waals surface area (Å²) in [6, 6.07) is 0. The molecule has 0 spiro atoms. The number of rotatable bonds is 6. The summed E-state index contributed by atoms with van der Waals surface area (Å²) < 4.78 is 9.03. The van der Waals surface area contributed by atoms with Crippen LogP contribution in [0.5, 0.6) is 0 Å². The fourth-order valence-corrected chi connectivity index (χ4v) is 2.97. The van der Waals surface area contributed by atoms with Crippen LogP contribution in [0.4, 0.5) is 0 Å². The Morgan fingerprint density at radius 2 is 2.14 bits per heavy atom. The van der Waals surface area contributed by atoms with Gasteiger partial charge in [0.15, 0.2) is 5.65 Å². The first-order chi connectivity index (χ1) is 10.7. The number of hydrogen-bond acceptors (Lipinski definition) is 5. The van der Waals surface area contributed by atoms with Crippen molar-refractivity contribution in [2.75, 3.05) is 20.0 Å². The highest BCUT2D eigenvalue weighted by atomic mass is 32.2. The number of aromatic nitrogens is 5. The number of methoxy groups -OCH3 is 1. The molecule has 0 atom stereocenters. The summed E-state index contributed by atoms with van der Waals surface area (Å²) in [5.41, 5.74) is 4.03. The molecule has 0 fully saturated rings. The summed E-state index contributed by atoms with van der Waals surface area (Å²) in [6.07, 6.45) is 11.7. The quantitative estimate of drug-likeness (QED) is 0.516. The van der Waals surface area contributed by atoms with E-state index in [4.69, 9.17) is 9.72 Å². The Hall–Kier alpha value is -1.86. The Labute approximate surface area is 133 Å². The predicted molar refractivity (Wildman–Crippen MR) is 87.2 cm³/mol. The largest absolute Gasteiger partial charge is 0.385 e. The van der Waals surface area contributed by atoms with Gasteiger partial charge in [0, 0.05) is 38.7 Å². The van der Waals surface area contributed by atoms with Crippen molar-refractivity contribution in [3.63, 3.8) is 0 Å². The molecule has 0 aliphatic carbocycles. The fraction of sp³-hybridized carbons (Fsp3) is 0.400. The maximum atomic E-state index is 5.13. The number of imidazole rings is 1. The summed E-state index contributed by atoms with van der Waals surface area (Å²) in [4.78, 5) is 9.24. The van der Waals surface area contributed by atoms with Crippen molar-refractivity contribution in [2.24, 2.45) is 7.05 Å². The van der Waals surface area contributed by atoms with E-state index in [0.29, 0.717) is 0 Å². The number of thioether (sulfide) groups is 1. The molecule has 0 saturated heterocycles. The van der Waals surface area contributed by atoms with Crippen LogP contribution in [0.25, 0.3) is 16.9 Å². The zero-order chi connectivity index (χ0) is 15.5. The Morgan fingerprint density at radius 1 is 1.27 bits per heavy atom. The Bertz CT molecular complexity index is 779. The minimum absolute atomic E-state index is 0.744. The molecule has 0 unspecified atom stereocenters. The lowest BCUT2D eigenvalue weighted by atomic mass is 10.2. The second kappa shape index (κ2) is 6.50. The fourth-order valence-electron chi connectivity index (χ4n) is 2.43. The molecule has 0 N–H and O–H groups in total. The maximum Gasteiger partial charge on any atom is 0.170 e. The third kappa shape index (κ3) is 2.86. The zero-order valence-electron chi connectivity index (χ0n) is 13.0. The number of ether oxygens (including phenoxy) is 1. The summed E-state index contributed by atoms with van der Waals surface area (Å²) in [7, 11) is 3.64. The van der Waals surface area contributed by atoms with Crippen LogP contribution in [0.2, 0.25) is 0 Å². The Balaban J connectivity index is 2.05. The molecule has 0 aliphatic rings. The normalized spacial score (nSPS) is 11.4. The van der Waals surface area contributed by atoms with Crippen LogP contribution in [-0.4, -0.2) is 44.1 Å². The van der Waals surface area contributed by atoms with Gasteiger partial charge in [0.05, 0.1) is 23.8 Å². The minimum atomic E-state index is 0.744. The number of fused-ring (bicyclic) bond motifs is 1. The monoisotopic (exact) mass is 317 g/mol. The van der Waals surface area contributed by atoms with Crippen LogP contribution < -0.4 is 0 Å². The van der Waals surface area contributed by atoms with E-state index in [1.54, 1.807) is 23.6 Å². The first-order valence-electron chi connectivity index (χ1n) is 7.12. The van der Waals surface area contributed by atoms with Crippen LogP contribution in [0.15, 0.2) is 29.8 Å². The SMILES string of the molecule is COCCCc1cn2c(-c3cnn(C)c3)cnc2c(SC)n1. The number of nitrogens with zero attached hydrogens (tertiary/aromatic N) is 5. The molecule has 3 rings (SSSR count). The van der Waals surface area contributed by atoms with Crippen molar-refractivity contribution >= 4 is 17.4 Å². The van der Waals surface area contributed by atoms with Crippen LogP contribution in [0.1, 0.15) is 12.1 Å². The van der Waals surface area contributed by atoms with Crippen LogP contribution in [0.3, 0.4) is 0 Å². The van der Waals surface area contributed by atoms with Crippen LogP contribution >= 0.6 is 11.8 Å². The van der Waals surface area contributed by atoms with Gasteiger partial charge in [0.25, 0.3) is 0 Å². The molecule has 116 valence electrons. The van der Waals surface area contributed by atoms with Crippen molar-refractivity contribution in [2.45, 2.75) is 17.9 Å². The van der Waals surface area contributed by atoms with Gasteiger partial charge < -0.3 is 4.74 Å². The first-order valence-corrected chi connectivity index (χ1v) is 8.34. The van der Waals surface area contributed by atoms with Gasteiger partial charge in [-0.05, 0) is 19.1 Å². The molecule has 0 bridgehead atoms. The minimum Gasteiger partial charge on any atom is -0.385 e. The zero-order valence-corrected chi connectivity index (χ0v) is 13.8. The molecule has 0 aliphatic heterocycles. The molecular weight excluding hydrogens is 298 g/mol. The molecule has 0 radical (unpaired) electrons. The average molecular weight is 317 g/mol. The lowest BCUT2D eigenvalue weighted by molar-refractivity contribution is 0.195. The van der Waals surface area contributed by atoms with Crippen LogP contribution in [0, 0.1) is 0 Å². The summed E-state index contributed by atoms with van der Waals surface area (Å²) in [5, 5.41) is 5.19. The van der Waals surface area contributed by atoms with E-state index in [-0.39, 0.29) is 0 Å². The van der Waals surface area contributed by atoms with Crippen molar-refractivity contribution < 1.29 is 4.74 Å². The highest BCUT2D eigenvalue weighted by Crippen LogP contribution is 2.25. The summed E-state index contributed by atoms with van der Waals surface area (Å²) in [6.45, 7) is 0.744. The molecule has 22 heavy (non-hydrogen) atoms. The van der Waals surface area contributed by atoms with Crippen molar-refractivity contribution in [1.82, 2.24) is 24.1 Å². The van der Waals surface area contributed by atoms with Crippen LogP contribution in [-0.2, 0) is 18.2 Å². The molecule has 6 nitrogen and oxygen atoms in total. The second-order valence-electron chi connectivity index (χ2n) is 5.08. The van der Waals surface area contributed by atoms with E-state index in [0.717, 1.165) is 47.1 Å². The second-order valence-corrected chi connectivity index (χ2v) is 5.87. The molecule has 7 heteroatoms. The van der Waals surface area contributed by atoms with Crippen molar-refractivity contribution in [1.29, 1.82) is 0 Å². The number of hydrogen-bond donors (Lipinski definition) is 0. The third-order valence-corrected chi connectivity index (χ3v) is 4.15. The van der Waals surface area contributed by atoms with E-state index in [9.17, 15) is 0 Å². The lowest BCUT2D eigenvalue weighted by Crippen LogP contribution is -2.01. The first kappa shape index (κ1) is 15.1. The molecule has 0 saturated carbocycles. The maximum absolute atomic E-state index is 5.13. The third-order valence-electron chi connectivity index (χ3n) is 3.49. The molecule has 0 amide bonds. The Morgan fingerprint density at radius 3 is 2.82 bits per heavy atom. The highest BCUT2D eigenvalue weighted by Gasteiger charge is 2.13. The molecule has 3 aromatic heterocycles. The van der Waals surface area contributed by atoms with Gasteiger partial charge in [-0.25, -0.2) is 9.97 Å². The highest BCUT2D eigenvalue weighted by molar-refractivity contribution is 7.98. The average Bonchev–Trinajstić information content (AvgIpc) is 3.12. The van der Waals surface area contributed by atoms with Gasteiger partial charge in [-0.15, -0.1) is 11.8 Å².